The molecule has 18 heavy (non-hydrogen) atoms. The first-order chi connectivity index (χ1) is 8.66. The Morgan fingerprint density at radius 1 is 1.44 bits per heavy atom. The maximum Gasteiger partial charge on any atom is 0.303 e. The number of aliphatic hydroxyl groups excluding tert-OH is 1. The molecule has 0 aliphatic carbocycles. The van der Waals surface area contributed by atoms with Crippen molar-refractivity contribution in [1.29, 1.82) is 0 Å². The summed E-state index contributed by atoms with van der Waals surface area (Å²) in [6.45, 7) is 0.757. The van der Waals surface area contributed by atoms with E-state index < -0.39 is 12.1 Å². The fraction of sp³-hybridized carbons (Fsp3) is 0.500. The Morgan fingerprint density at radius 3 is 3.06 bits per heavy atom. The van der Waals surface area contributed by atoms with E-state index in [-0.39, 0.29) is 6.42 Å². The molecule has 0 fully saturated rings. The molecule has 1 atom stereocenters. The van der Waals surface area contributed by atoms with Crippen LogP contribution in [0.15, 0.2) is 18.2 Å². The van der Waals surface area contributed by atoms with Gasteiger partial charge in [0.25, 0.3) is 0 Å². The lowest BCUT2D eigenvalue weighted by Gasteiger charge is -2.19. The van der Waals surface area contributed by atoms with Crippen LogP contribution >= 0.6 is 0 Å². The smallest absolute Gasteiger partial charge is 0.303 e. The number of benzene rings is 1. The highest BCUT2D eigenvalue weighted by Gasteiger charge is 2.14. The minimum Gasteiger partial charge on any atom is -0.493 e. The maximum atomic E-state index is 10.4. The van der Waals surface area contributed by atoms with Crippen molar-refractivity contribution in [2.75, 3.05) is 6.61 Å². The third-order valence-corrected chi connectivity index (χ3v) is 3.19. The summed E-state index contributed by atoms with van der Waals surface area (Å²) in [6.07, 6.45) is 2.47. The quantitative estimate of drug-likeness (QED) is 0.841. The molecule has 0 spiro atoms. The van der Waals surface area contributed by atoms with Gasteiger partial charge in [-0.25, -0.2) is 0 Å². The summed E-state index contributed by atoms with van der Waals surface area (Å²) in [5.74, 6) is 0.0868. The number of hydrogen-bond donors (Lipinski definition) is 2. The summed E-state index contributed by atoms with van der Waals surface area (Å²) in [5, 5.41) is 18.6. The molecule has 0 bridgehead atoms. The predicted molar refractivity (Wildman–Crippen MR) is 66.7 cm³/mol. The molecule has 4 nitrogen and oxygen atoms in total. The molecule has 0 aromatic heterocycles. The third kappa shape index (κ3) is 3.23. The Hall–Kier alpha value is -1.55. The normalized spacial score (nSPS) is 15.6. The van der Waals surface area contributed by atoms with Crippen LogP contribution in [-0.4, -0.2) is 22.8 Å². The van der Waals surface area contributed by atoms with E-state index in [9.17, 15) is 9.90 Å². The van der Waals surface area contributed by atoms with Crippen LogP contribution in [0.2, 0.25) is 0 Å². The van der Waals surface area contributed by atoms with Gasteiger partial charge in [0, 0.05) is 6.42 Å². The second-order valence-electron chi connectivity index (χ2n) is 4.62. The number of hydrogen-bond acceptors (Lipinski definition) is 3. The molecule has 4 heteroatoms. The molecule has 1 aromatic rings. The molecule has 0 radical (unpaired) electrons. The van der Waals surface area contributed by atoms with Crippen LogP contribution in [0.1, 0.15) is 42.9 Å². The minimum absolute atomic E-state index is 0.102. The van der Waals surface area contributed by atoms with Crippen LogP contribution in [0.3, 0.4) is 0 Å². The van der Waals surface area contributed by atoms with E-state index in [1.54, 1.807) is 0 Å². The topological polar surface area (TPSA) is 66.8 Å². The SMILES string of the molecule is O=C(O)CCC[C@H](O)c1ccc2c(c1)CCCO2. The van der Waals surface area contributed by atoms with E-state index in [0.29, 0.717) is 12.8 Å². The van der Waals surface area contributed by atoms with Crippen LogP contribution in [0.5, 0.6) is 5.75 Å². The van der Waals surface area contributed by atoms with Crippen LogP contribution in [0.4, 0.5) is 0 Å². The van der Waals surface area contributed by atoms with Gasteiger partial charge in [0.1, 0.15) is 5.75 Å². The summed E-state index contributed by atoms with van der Waals surface area (Å²) in [5.41, 5.74) is 1.99. The van der Waals surface area contributed by atoms with Crippen molar-refractivity contribution in [2.24, 2.45) is 0 Å². The molecule has 2 rings (SSSR count). The third-order valence-electron chi connectivity index (χ3n) is 3.19. The van der Waals surface area contributed by atoms with Gasteiger partial charge in [0.2, 0.25) is 0 Å². The van der Waals surface area contributed by atoms with E-state index in [1.807, 2.05) is 18.2 Å². The average Bonchev–Trinajstić information content (AvgIpc) is 2.37. The van der Waals surface area contributed by atoms with E-state index in [4.69, 9.17) is 9.84 Å². The number of aliphatic carboxylic acids is 1. The van der Waals surface area contributed by atoms with Gasteiger partial charge in [-0.05, 0) is 48.9 Å². The lowest BCUT2D eigenvalue weighted by Crippen LogP contribution is -2.09. The zero-order valence-corrected chi connectivity index (χ0v) is 10.3. The van der Waals surface area contributed by atoms with Crippen LogP contribution in [0, 0.1) is 0 Å². The lowest BCUT2D eigenvalue weighted by atomic mass is 9.98. The molecular weight excluding hydrogens is 232 g/mol. The highest BCUT2D eigenvalue weighted by atomic mass is 16.5. The van der Waals surface area contributed by atoms with Crippen molar-refractivity contribution in [3.8, 4) is 5.75 Å². The van der Waals surface area contributed by atoms with Crippen molar-refractivity contribution in [2.45, 2.75) is 38.2 Å². The fourth-order valence-electron chi connectivity index (χ4n) is 2.20. The van der Waals surface area contributed by atoms with Gasteiger partial charge < -0.3 is 14.9 Å². The molecule has 2 N–H and O–H groups in total. The number of rotatable bonds is 5. The largest absolute Gasteiger partial charge is 0.493 e. The van der Waals surface area contributed by atoms with Gasteiger partial charge in [0.05, 0.1) is 12.7 Å². The first-order valence-electron chi connectivity index (χ1n) is 6.32. The van der Waals surface area contributed by atoms with Crippen molar-refractivity contribution in [1.82, 2.24) is 0 Å². The van der Waals surface area contributed by atoms with Crippen molar-refractivity contribution in [3.63, 3.8) is 0 Å². The standard InChI is InChI=1S/C14H18O4/c15-12(4-1-5-14(16)17)10-6-7-13-11(9-10)3-2-8-18-13/h6-7,9,12,15H,1-5,8H2,(H,16,17)/t12-/m0/s1. The molecule has 0 amide bonds. The Bertz CT molecular complexity index is 428. The molecule has 1 aliphatic heterocycles. The molecule has 1 aromatic carbocycles. The first kappa shape index (κ1) is 12.9. The van der Waals surface area contributed by atoms with E-state index in [2.05, 4.69) is 0 Å². The Kier molecular flexibility index (Phi) is 4.20. The zero-order valence-electron chi connectivity index (χ0n) is 10.3. The van der Waals surface area contributed by atoms with Crippen LogP contribution in [-0.2, 0) is 11.2 Å². The van der Waals surface area contributed by atoms with E-state index >= 15 is 0 Å². The number of carboxylic acids is 1. The second kappa shape index (κ2) is 5.87. The van der Waals surface area contributed by atoms with Gasteiger partial charge in [-0.2, -0.15) is 0 Å². The summed E-state index contributed by atoms with van der Waals surface area (Å²) in [6, 6.07) is 5.72. The Balaban J connectivity index is 1.97. The van der Waals surface area contributed by atoms with Crippen molar-refractivity contribution in [3.05, 3.63) is 29.3 Å². The molecule has 98 valence electrons. The molecule has 1 heterocycles. The van der Waals surface area contributed by atoms with Crippen LogP contribution < -0.4 is 4.74 Å². The number of aliphatic hydroxyl groups is 1. The van der Waals surface area contributed by atoms with Gasteiger partial charge >= 0.3 is 5.97 Å². The molecular formula is C14H18O4. The monoisotopic (exact) mass is 250 g/mol. The summed E-state index contributed by atoms with van der Waals surface area (Å²) < 4.78 is 5.51. The summed E-state index contributed by atoms with van der Waals surface area (Å²) in [7, 11) is 0. The van der Waals surface area contributed by atoms with E-state index in [1.165, 1.54) is 0 Å². The number of fused-ring (bicyclic) bond motifs is 1. The summed E-state index contributed by atoms with van der Waals surface area (Å²) in [4.78, 5) is 10.4. The highest BCUT2D eigenvalue weighted by Crippen LogP contribution is 2.29. The van der Waals surface area contributed by atoms with Gasteiger partial charge in [-0.1, -0.05) is 6.07 Å². The minimum atomic E-state index is -0.818. The van der Waals surface area contributed by atoms with Gasteiger partial charge in [0.15, 0.2) is 0 Å². The van der Waals surface area contributed by atoms with Crippen molar-refractivity contribution >= 4 is 5.97 Å². The van der Waals surface area contributed by atoms with Gasteiger partial charge in [-0.15, -0.1) is 0 Å². The second-order valence-corrected chi connectivity index (χ2v) is 4.62. The lowest BCUT2D eigenvalue weighted by molar-refractivity contribution is -0.137. The molecule has 0 unspecified atom stereocenters. The number of aryl methyl sites for hydroxylation is 1. The predicted octanol–water partition coefficient (Wildman–Crippen LogP) is 2.30. The number of carboxylic acid groups (broad SMARTS) is 1. The Labute approximate surface area is 106 Å². The number of ether oxygens (including phenoxy) is 1. The highest BCUT2D eigenvalue weighted by molar-refractivity contribution is 5.66. The average molecular weight is 250 g/mol. The Morgan fingerprint density at radius 2 is 2.28 bits per heavy atom. The first-order valence-corrected chi connectivity index (χ1v) is 6.32. The fourth-order valence-corrected chi connectivity index (χ4v) is 2.20. The summed E-state index contributed by atoms with van der Waals surface area (Å²) >= 11 is 0. The van der Waals surface area contributed by atoms with E-state index in [0.717, 1.165) is 36.3 Å². The molecule has 0 saturated carbocycles. The number of carbonyl (C=O) groups is 1. The van der Waals surface area contributed by atoms with Gasteiger partial charge in [-0.3, -0.25) is 4.79 Å². The molecule has 1 aliphatic rings. The van der Waals surface area contributed by atoms with Crippen LogP contribution in [0.25, 0.3) is 0 Å². The van der Waals surface area contributed by atoms with Crippen molar-refractivity contribution < 1.29 is 19.7 Å². The maximum absolute atomic E-state index is 10.4. The molecule has 0 saturated heterocycles. The zero-order chi connectivity index (χ0) is 13.0.